The number of hydrogen-bond acceptors (Lipinski definition) is 4. The summed E-state index contributed by atoms with van der Waals surface area (Å²) in [6, 6.07) is 3.56. The van der Waals surface area contributed by atoms with Crippen LogP contribution in [0.15, 0.2) is 24.5 Å². The quantitative estimate of drug-likeness (QED) is 0.786. The molecule has 1 aromatic heterocycles. The average Bonchev–Trinajstić information content (AvgIpc) is 2.39. The highest BCUT2D eigenvalue weighted by Crippen LogP contribution is 2.07. The molecule has 0 saturated carbocycles. The van der Waals surface area contributed by atoms with Crippen molar-refractivity contribution in [2.24, 2.45) is 5.73 Å². The molecule has 0 aliphatic carbocycles. The normalized spacial score (nSPS) is 16.6. The van der Waals surface area contributed by atoms with Crippen molar-refractivity contribution in [1.82, 2.24) is 14.8 Å². The molecule has 0 spiro atoms. The van der Waals surface area contributed by atoms with Crippen LogP contribution in [0.5, 0.6) is 0 Å². The maximum Gasteiger partial charge on any atom is 0.255 e. The Bertz CT molecular complexity index is 429. The molecule has 2 rings (SSSR count). The van der Waals surface area contributed by atoms with Crippen LogP contribution in [-0.2, 0) is 0 Å². The highest BCUT2D eigenvalue weighted by Gasteiger charge is 2.22. The lowest BCUT2D eigenvalue weighted by Gasteiger charge is -2.34. The highest BCUT2D eigenvalue weighted by molar-refractivity contribution is 7.80. The molecule has 96 valence electrons. The van der Waals surface area contributed by atoms with E-state index in [4.69, 9.17) is 18.0 Å². The highest BCUT2D eigenvalue weighted by atomic mass is 32.1. The van der Waals surface area contributed by atoms with Gasteiger partial charge < -0.3 is 10.6 Å². The van der Waals surface area contributed by atoms with E-state index in [-0.39, 0.29) is 5.91 Å². The van der Waals surface area contributed by atoms with Gasteiger partial charge in [-0.15, -0.1) is 0 Å². The van der Waals surface area contributed by atoms with Crippen LogP contribution in [0.1, 0.15) is 10.4 Å². The van der Waals surface area contributed by atoms with Crippen molar-refractivity contribution in [1.29, 1.82) is 0 Å². The van der Waals surface area contributed by atoms with Crippen LogP contribution in [0.2, 0.25) is 0 Å². The molecule has 1 aromatic rings. The molecular formula is C12H16N4OS. The predicted octanol–water partition coefficient (Wildman–Crippen LogP) is 0.125. The van der Waals surface area contributed by atoms with Crippen LogP contribution in [-0.4, -0.2) is 58.4 Å². The first-order valence-electron chi connectivity index (χ1n) is 5.87. The zero-order chi connectivity index (χ0) is 13.0. The number of thiocarbonyl (C=S) groups is 1. The van der Waals surface area contributed by atoms with Gasteiger partial charge in [-0.25, -0.2) is 0 Å². The molecule has 0 radical (unpaired) electrons. The molecular weight excluding hydrogens is 248 g/mol. The fourth-order valence-electron chi connectivity index (χ4n) is 2.00. The van der Waals surface area contributed by atoms with Gasteiger partial charge in [0, 0.05) is 45.1 Å². The van der Waals surface area contributed by atoms with E-state index in [1.807, 2.05) is 4.90 Å². The van der Waals surface area contributed by atoms with Crippen molar-refractivity contribution in [3.8, 4) is 0 Å². The molecule has 5 nitrogen and oxygen atoms in total. The van der Waals surface area contributed by atoms with Gasteiger partial charge in [0.15, 0.2) is 0 Å². The third kappa shape index (κ3) is 3.24. The summed E-state index contributed by atoms with van der Waals surface area (Å²) in [5, 5.41) is 0. The van der Waals surface area contributed by atoms with E-state index < -0.39 is 0 Å². The number of carbonyl (C=O) groups excluding carboxylic acids is 1. The van der Waals surface area contributed by atoms with Gasteiger partial charge >= 0.3 is 0 Å². The Morgan fingerprint density at radius 2 is 2.11 bits per heavy atom. The van der Waals surface area contributed by atoms with Crippen molar-refractivity contribution in [3.05, 3.63) is 30.1 Å². The number of hydrogen-bond donors (Lipinski definition) is 1. The number of carbonyl (C=O) groups is 1. The number of nitrogens with zero attached hydrogens (tertiary/aromatic N) is 3. The predicted molar refractivity (Wildman–Crippen MR) is 73.4 cm³/mol. The standard InChI is InChI=1S/C12H16N4OS/c13-11(18)9-15-4-6-16(7-5-15)12(17)10-2-1-3-14-8-10/h1-3,8H,4-7,9H2,(H2,13,18). The van der Waals surface area contributed by atoms with Crippen LogP contribution in [0.3, 0.4) is 0 Å². The van der Waals surface area contributed by atoms with Crippen molar-refractivity contribution < 1.29 is 4.79 Å². The minimum Gasteiger partial charge on any atom is -0.392 e. The second-order valence-electron chi connectivity index (χ2n) is 4.28. The molecule has 2 N–H and O–H groups in total. The van der Waals surface area contributed by atoms with E-state index in [0.29, 0.717) is 30.2 Å². The summed E-state index contributed by atoms with van der Waals surface area (Å²) in [6.07, 6.45) is 3.26. The lowest BCUT2D eigenvalue weighted by Crippen LogP contribution is -2.50. The van der Waals surface area contributed by atoms with E-state index >= 15 is 0 Å². The Morgan fingerprint density at radius 1 is 1.39 bits per heavy atom. The van der Waals surface area contributed by atoms with Crippen molar-refractivity contribution in [3.63, 3.8) is 0 Å². The lowest BCUT2D eigenvalue weighted by atomic mass is 10.2. The molecule has 1 aliphatic heterocycles. The number of amides is 1. The molecule has 18 heavy (non-hydrogen) atoms. The molecule has 1 fully saturated rings. The van der Waals surface area contributed by atoms with E-state index in [0.717, 1.165) is 13.1 Å². The van der Waals surface area contributed by atoms with Crippen LogP contribution in [0, 0.1) is 0 Å². The fourth-order valence-corrected chi connectivity index (χ4v) is 2.18. The third-order valence-corrected chi connectivity index (χ3v) is 3.08. The van der Waals surface area contributed by atoms with Gasteiger partial charge in [0.1, 0.15) is 0 Å². The van der Waals surface area contributed by atoms with Gasteiger partial charge in [0.05, 0.1) is 10.6 Å². The van der Waals surface area contributed by atoms with Gasteiger partial charge in [-0.3, -0.25) is 14.7 Å². The molecule has 6 heteroatoms. The topological polar surface area (TPSA) is 62.5 Å². The Balaban J connectivity index is 1.90. The molecule has 0 unspecified atom stereocenters. The van der Waals surface area contributed by atoms with Crippen LogP contribution in [0.4, 0.5) is 0 Å². The second kappa shape index (κ2) is 5.88. The zero-order valence-electron chi connectivity index (χ0n) is 10.1. The van der Waals surface area contributed by atoms with E-state index in [1.165, 1.54) is 0 Å². The minimum atomic E-state index is 0.0399. The van der Waals surface area contributed by atoms with Crippen molar-refractivity contribution >= 4 is 23.1 Å². The summed E-state index contributed by atoms with van der Waals surface area (Å²) < 4.78 is 0. The number of aromatic nitrogens is 1. The van der Waals surface area contributed by atoms with Gasteiger partial charge in [0.2, 0.25) is 0 Å². The molecule has 2 heterocycles. The Hall–Kier alpha value is -1.53. The molecule has 0 bridgehead atoms. The first-order chi connectivity index (χ1) is 8.66. The monoisotopic (exact) mass is 264 g/mol. The SMILES string of the molecule is NC(=S)CN1CCN(C(=O)c2cccnc2)CC1. The van der Waals surface area contributed by atoms with Gasteiger partial charge in [-0.1, -0.05) is 12.2 Å². The molecule has 0 aromatic carbocycles. The molecule has 1 saturated heterocycles. The number of nitrogens with two attached hydrogens (primary N) is 1. The summed E-state index contributed by atoms with van der Waals surface area (Å²) in [5.74, 6) is 0.0399. The van der Waals surface area contributed by atoms with Crippen molar-refractivity contribution in [2.45, 2.75) is 0 Å². The minimum absolute atomic E-state index is 0.0399. The fraction of sp³-hybridized carbons (Fsp3) is 0.417. The second-order valence-corrected chi connectivity index (χ2v) is 4.80. The smallest absolute Gasteiger partial charge is 0.255 e. The van der Waals surface area contributed by atoms with Crippen LogP contribution >= 0.6 is 12.2 Å². The first kappa shape index (κ1) is 12.9. The summed E-state index contributed by atoms with van der Waals surface area (Å²) >= 11 is 4.88. The third-order valence-electron chi connectivity index (χ3n) is 2.95. The van der Waals surface area contributed by atoms with Crippen molar-refractivity contribution in [2.75, 3.05) is 32.7 Å². The van der Waals surface area contributed by atoms with Gasteiger partial charge in [-0.05, 0) is 12.1 Å². The van der Waals surface area contributed by atoms with Gasteiger partial charge in [-0.2, -0.15) is 0 Å². The maximum absolute atomic E-state index is 12.1. The molecule has 1 amide bonds. The van der Waals surface area contributed by atoms with E-state index in [1.54, 1.807) is 24.5 Å². The maximum atomic E-state index is 12.1. The largest absolute Gasteiger partial charge is 0.392 e. The van der Waals surface area contributed by atoms with Crippen LogP contribution < -0.4 is 5.73 Å². The summed E-state index contributed by atoms with van der Waals surface area (Å²) in [7, 11) is 0. The summed E-state index contributed by atoms with van der Waals surface area (Å²) in [4.78, 5) is 20.6. The van der Waals surface area contributed by atoms with E-state index in [2.05, 4.69) is 9.88 Å². The lowest BCUT2D eigenvalue weighted by molar-refractivity contribution is 0.0654. The average molecular weight is 264 g/mol. The molecule has 1 aliphatic rings. The Kier molecular flexibility index (Phi) is 4.22. The molecule has 0 atom stereocenters. The first-order valence-corrected chi connectivity index (χ1v) is 6.27. The van der Waals surface area contributed by atoms with Gasteiger partial charge in [0.25, 0.3) is 5.91 Å². The van der Waals surface area contributed by atoms with Crippen LogP contribution in [0.25, 0.3) is 0 Å². The number of pyridine rings is 1. The Morgan fingerprint density at radius 3 is 2.67 bits per heavy atom. The summed E-state index contributed by atoms with van der Waals surface area (Å²) in [6.45, 7) is 3.66. The zero-order valence-corrected chi connectivity index (χ0v) is 10.9. The number of piperazine rings is 1. The Labute approximate surface area is 112 Å². The van der Waals surface area contributed by atoms with E-state index in [9.17, 15) is 4.79 Å². The summed E-state index contributed by atoms with van der Waals surface area (Å²) in [5.41, 5.74) is 6.15. The number of rotatable bonds is 3.